The molecular weight excluding hydrogens is 255 g/mol. The van der Waals surface area contributed by atoms with Crippen LogP contribution in [0.1, 0.15) is 5.56 Å². The first-order valence-electron chi connectivity index (χ1n) is 5.38. The van der Waals surface area contributed by atoms with Crippen LogP contribution < -0.4 is 10.1 Å². The Bertz CT molecular complexity index is 548. The predicted molar refractivity (Wildman–Crippen MR) is 69.5 cm³/mol. The summed E-state index contributed by atoms with van der Waals surface area (Å²) in [6.07, 6.45) is 0. The average molecular weight is 267 g/mol. The van der Waals surface area contributed by atoms with Crippen molar-refractivity contribution in [2.75, 3.05) is 12.4 Å². The van der Waals surface area contributed by atoms with Gasteiger partial charge < -0.3 is 10.1 Å². The predicted octanol–water partition coefficient (Wildman–Crippen LogP) is 3.49. The third-order valence-electron chi connectivity index (χ3n) is 2.39. The van der Waals surface area contributed by atoms with Crippen molar-refractivity contribution in [1.29, 1.82) is 0 Å². The Morgan fingerprint density at radius 1 is 1.33 bits per heavy atom. The molecule has 0 unspecified atom stereocenters. The molecule has 2 rings (SSSR count). The molecular formula is C13H12ClFN2O. The third-order valence-corrected chi connectivity index (χ3v) is 2.68. The summed E-state index contributed by atoms with van der Waals surface area (Å²) >= 11 is 5.70. The SMILES string of the molecule is COc1cccc(NCc2ccc(F)c(Cl)c2)n1. The molecule has 94 valence electrons. The van der Waals surface area contributed by atoms with E-state index in [1.54, 1.807) is 25.3 Å². The van der Waals surface area contributed by atoms with E-state index in [0.717, 1.165) is 5.56 Å². The number of nitrogens with zero attached hydrogens (tertiary/aromatic N) is 1. The van der Waals surface area contributed by atoms with E-state index in [4.69, 9.17) is 16.3 Å². The van der Waals surface area contributed by atoms with Crippen LogP contribution in [0.3, 0.4) is 0 Å². The van der Waals surface area contributed by atoms with Gasteiger partial charge in [-0.3, -0.25) is 0 Å². The second-order valence-electron chi connectivity index (χ2n) is 3.67. The highest BCUT2D eigenvalue weighted by molar-refractivity contribution is 6.30. The lowest BCUT2D eigenvalue weighted by Gasteiger charge is -2.07. The molecule has 18 heavy (non-hydrogen) atoms. The average Bonchev–Trinajstić information content (AvgIpc) is 2.40. The number of methoxy groups -OCH3 is 1. The summed E-state index contributed by atoms with van der Waals surface area (Å²) in [5, 5.41) is 3.23. The van der Waals surface area contributed by atoms with E-state index in [0.29, 0.717) is 18.2 Å². The first kappa shape index (κ1) is 12.6. The minimum absolute atomic E-state index is 0.118. The zero-order valence-electron chi connectivity index (χ0n) is 9.78. The molecule has 1 aromatic heterocycles. The van der Waals surface area contributed by atoms with Gasteiger partial charge in [0, 0.05) is 12.6 Å². The van der Waals surface area contributed by atoms with Crippen LogP contribution >= 0.6 is 11.6 Å². The van der Waals surface area contributed by atoms with Crippen LogP contribution in [0.4, 0.5) is 10.2 Å². The van der Waals surface area contributed by atoms with Crippen molar-refractivity contribution in [2.45, 2.75) is 6.54 Å². The number of pyridine rings is 1. The molecule has 1 aromatic carbocycles. The summed E-state index contributed by atoms with van der Waals surface area (Å²) in [5.74, 6) is 0.812. The first-order chi connectivity index (χ1) is 8.69. The fourth-order valence-corrected chi connectivity index (χ4v) is 1.67. The Balaban J connectivity index is 2.04. The molecule has 0 atom stereocenters. The molecule has 0 saturated carbocycles. The van der Waals surface area contributed by atoms with Gasteiger partial charge in [0.25, 0.3) is 0 Å². The molecule has 1 heterocycles. The van der Waals surface area contributed by atoms with Gasteiger partial charge in [0.05, 0.1) is 12.1 Å². The van der Waals surface area contributed by atoms with E-state index >= 15 is 0 Å². The number of hydrogen-bond donors (Lipinski definition) is 1. The maximum absolute atomic E-state index is 13.0. The summed E-state index contributed by atoms with van der Waals surface area (Å²) in [5.41, 5.74) is 0.881. The van der Waals surface area contributed by atoms with Gasteiger partial charge in [-0.2, -0.15) is 4.98 Å². The molecule has 0 fully saturated rings. The number of benzene rings is 1. The summed E-state index contributed by atoms with van der Waals surface area (Å²) in [6, 6.07) is 10.0. The fourth-order valence-electron chi connectivity index (χ4n) is 1.47. The third kappa shape index (κ3) is 3.11. The van der Waals surface area contributed by atoms with E-state index in [1.807, 2.05) is 12.1 Å². The van der Waals surface area contributed by atoms with Crippen LogP contribution in [-0.4, -0.2) is 12.1 Å². The standard InChI is InChI=1S/C13H12ClFN2O/c1-18-13-4-2-3-12(17-13)16-8-9-5-6-11(15)10(14)7-9/h2-7H,8H2,1H3,(H,16,17). The van der Waals surface area contributed by atoms with E-state index in [2.05, 4.69) is 10.3 Å². The van der Waals surface area contributed by atoms with Gasteiger partial charge in [0.15, 0.2) is 0 Å². The molecule has 0 bridgehead atoms. The summed E-state index contributed by atoms with van der Waals surface area (Å²) in [7, 11) is 1.56. The molecule has 1 N–H and O–H groups in total. The maximum Gasteiger partial charge on any atom is 0.214 e. The smallest absolute Gasteiger partial charge is 0.214 e. The van der Waals surface area contributed by atoms with Crippen LogP contribution in [0.15, 0.2) is 36.4 Å². The fraction of sp³-hybridized carbons (Fsp3) is 0.154. The highest BCUT2D eigenvalue weighted by Crippen LogP contribution is 2.17. The van der Waals surface area contributed by atoms with E-state index in [-0.39, 0.29) is 5.02 Å². The Kier molecular flexibility index (Phi) is 3.99. The number of anilines is 1. The van der Waals surface area contributed by atoms with Crippen LogP contribution in [0, 0.1) is 5.82 Å². The van der Waals surface area contributed by atoms with Crippen LogP contribution in [0.5, 0.6) is 5.88 Å². The summed E-state index contributed by atoms with van der Waals surface area (Å²) in [6.45, 7) is 0.514. The quantitative estimate of drug-likeness (QED) is 0.920. The molecule has 0 aliphatic rings. The second kappa shape index (κ2) is 5.69. The summed E-state index contributed by atoms with van der Waals surface area (Å²) < 4.78 is 18.0. The number of ether oxygens (including phenoxy) is 1. The monoisotopic (exact) mass is 266 g/mol. The molecule has 0 amide bonds. The highest BCUT2D eigenvalue weighted by Gasteiger charge is 2.02. The largest absolute Gasteiger partial charge is 0.481 e. The van der Waals surface area contributed by atoms with Crippen molar-refractivity contribution < 1.29 is 9.13 Å². The lowest BCUT2D eigenvalue weighted by molar-refractivity contribution is 0.398. The summed E-state index contributed by atoms with van der Waals surface area (Å²) in [4.78, 5) is 4.21. The lowest BCUT2D eigenvalue weighted by Crippen LogP contribution is -2.02. The Labute approximate surface area is 110 Å². The van der Waals surface area contributed by atoms with Gasteiger partial charge in [-0.05, 0) is 23.8 Å². The minimum atomic E-state index is -0.417. The zero-order chi connectivity index (χ0) is 13.0. The molecule has 0 aliphatic heterocycles. The van der Waals surface area contributed by atoms with Crippen molar-refractivity contribution in [3.63, 3.8) is 0 Å². The molecule has 0 saturated heterocycles. The van der Waals surface area contributed by atoms with Crippen LogP contribution in [0.25, 0.3) is 0 Å². The van der Waals surface area contributed by atoms with Crippen molar-refractivity contribution >= 4 is 17.4 Å². The normalized spacial score (nSPS) is 10.2. The Morgan fingerprint density at radius 2 is 2.17 bits per heavy atom. The second-order valence-corrected chi connectivity index (χ2v) is 4.07. The lowest BCUT2D eigenvalue weighted by atomic mass is 10.2. The van der Waals surface area contributed by atoms with Crippen LogP contribution in [0.2, 0.25) is 5.02 Å². The minimum Gasteiger partial charge on any atom is -0.481 e. The molecule has 5 heteroatoms. The van der Waals surface area contributed by atoms with Gasteiger partial charge in [0.1, 0.15) is 11.6 Å². The van der Waals surface area contributed by atoms with Crippen molar-refractivity contribution in [3.05, 3.63) is 52.8 Å². The highest BCUT2D eigenvalue weighted by atomic mass is 35.5. The number of halogens is 2. The zero-order valence-corrected chi connectivity index (χ0v) is 10.5. The van der Waals surface area contributed by atoms with Gasteiger partial charge in [-0.1, -0.05) is 23.7 Å². The Morgan fingerprint density at radius 3 is 2.89 bits per heavy atom. The molecule has 0 spiro atoms. The van der Waals surface area contributed by atoms with E-state index in [1.165, 1.54) is 6.07 Å². The molecule has 0 aliphatic carbocycles. The maximum atomic E-state index is 13.0. The van der Waals surface area contributed by atoms with Gasteiger partial charge in [-0.15, -0.1) is 0 Å². The number of aromatic nitrogens is 1. The molecule has 2 aromatic rings. The number of rotatable bonds is 4. The van der Waals surface area contributed by atoms with Gasteiger partial charge >= 0.3 is 0 Å². The number of hydrogen-bond acceptors (Lipinski definition) is 3. The van der Waals surface area contributed by atoms with Crippen molar-refractivity contribution in [1.82, 2.24) is 4.98 Å². The van der Waals surface area contributed by atoms with E-state index in [9.17, 15) is 4.39 Å². The Hall–Kier alpha value is -1.81. The number of nitrogens with one attached hydrogen (secondary N) is 1. The first-order valence-corrected chi connectivity index (χ1v) is 5.75. The van der Waals surface area contributed by atoms with Gasteiger partial charge in [0.2, 0.25) is 5.88 Å². The van der Waals surface area contributed by atoms with Gasteiger partial charge in [-0.25, -0.2) is 4.39 Å². The van der Waals surface area contributed by atoms with Crippen LogP contribution in [-0.2, 0) is 6.54 Å². The topological polar surface area (TPSA) is 34.1 Å². The van der Waals surface area contributed by atoms with Crippen molar-refractivity contribution in [3.8, 4) is 5.88 Å². The van der Waals surface area contributed by atoms with E-state index < -0.39 is 5.82 Å². The van der Waals surface area contributed by atoms with Crippen molar-refractivity contribution in [2.24, 2.45) is 0 Å². The molecule has 0 radical (unpaired) electrons. The molecule has 3 nitrogen and oxygen atoms in total.